The molecule has 0 saturated heterocycles. The van der Waals surface area contributed by atoms with E-state index >= 15 is 0 Å². The number of carbonyl (C=O) groups excluding carboxylic acids is 1. The summed E-state index contributed by atoms with van der Waals surface area (Å²) in [6.45, 7) is 0. The Hall–Kier alpha value is -1.22. The van der Waals surface area contributed by atoms with Crippen LogP contribution in [0.2, 0.25) is 0 Å². The fourth-order valence-electron chi connectivity index (χ4n) is 1.76. The summed E-state index contributed by atoms with van der Waals surface area (Å²) < 4.78 is 0. The number of carbonyl (C=O) groups is 1. The van der Waals surface area contributed by atoms with Crippen molar-refractivity contribution >= 4 is 5.78 Å². The van der Waals surface area contributed by atoms with Gasteiger partial charge in [0.25, 0.3) is 0 Å². The highest BCUT2D eigenvalue weighted by molar-refractivity contribution is 5.81. The number of aromatic nitrogens is 1. The highest BCUT2D eigenvalue weighted by Crippen LogP contribution is 2.32. The van der Waals surface area contributed by atoms with Crippen LogP contribution in [0.1, 0.15) is 24.8 Å². The van der Waals surface area contributed by atoms with Gasteiger partial charge in [-0.1, -0.05) is 6.07 Å². The summed E-state index contributed by atoms with van der Waals surface area (Å²) in [6.07, 6.45) is 6.82. The van der Waals surface area contributed by atoms with E-state index in [9.17, 15) is 4.79 Å². The summed E-state index contributed by atoms with van der Waals surface area (Å²) >= 11 is 0. The van der Waals surface area contributed by atoms with Crippen LogP contribution < -0.4 is 5.73 Å². The minimum absolute atomic E-state index is 0.0779. The zero-order valence-corrected chi connectivity index (χ0v) is 8.73. The summed E-state index contributed by atoms with van der Waals surface area (Å²) in [5.74, 6) is 0.824. The second kappa shape index (κ2) is 4.53. The van der Waals surface area contributed by atoms with Gasteiger partial charge in [-0.3, -0.25) is 9.78 Å². The standard InChI is InChI=1S/C12H16N2O/c13-12(10-3-4-10)7-11(15)6-9-2-1-5-14-8-9/h1-2,5,8,10,12H,3-4,6-7,13H2. The molecule has 80 valence electrons. The Morgan fingerprint density at radius 2 is 2.40 bits per heavy atom. The van der Waals surface area contributed by atoms with Crippen molar-refractivity contribution in [1.82, 2.24) is 4.98 Å². The minimum atomic E-state index is 0.0779. The van der Waals surface area contributed by atoms with Crippen molar-refractivity contribution in [1.29, 1.82) is 0 Å². The van der Waals surface area contributed by atoms with Crippen LogP contribution in [0, 0.1) is 5.92 Å². The zero-order valence-electron chi connectivity index (χ0n) is 8.73. The highest BCUT2D eigenvalue weighted by Gasteiger charge is 2.29. The second-order valence-electron chi connectivity index (χ2n) is 4.28. The largest absolute Gasteiger partial charge is 0.327 e. The third-order valence-electron chi connectivity index (χ3n) is 2.81. The molecule has 0 radical (unpaired) electrons. The average molecular weight is 204 g/mol. The molecule has 1 aromatic rings. The molecule has 1 saturated carbocycles. The van der Waals surface area contributed by atoms with Gasteiger partial charge >= 0.3 is 0 Å². The van der Waals surface area contributed by atoms with Gasteiger partial charge in [0.05, 0.1) is 0 Å². The molecule has 0 aromatic carbocycles. The number of rotatable bonds is 5. The number of ketones is 1. The van der Waals surface area contributed by atoms with Gasteiger partial charge in [0.2, 0.25) is 0 Å². The van der Waals surface area contributed by atoms with Gasteiger partial charge < -0.3 is 5.73 Å². The molecule has 2 rings (SSSR count). The van der Waals surface area contributed by atoms with Gasteiger partial charge in [-0.25, -0.2) is 0 Å². The summed E-state index contributed by atoms with van der Waals surface area (Å²) in [6, 6.07) is 3.85. The van der Waals surface area contributed by atoms with E-state index in [1.54, 1.807) is 12.4 Å². The van der Waals surface area contributed by atoms with Crippen molar-refractivity contribution in [3.05, 3.63) is 30.1 Å². The molecule has 15 heavy (non-hydrogen) atoms. The molecular weight excluding hydrogens is 188 g/mol. The highest BCUT2D eigenvalue weighted by atomic mass is 16.1. The lowest BCUT2D eigenvalue weighted by Gasteiger charge is -2.08. The first kappa shape index (κ1) is 10.3. The fourth-order valence-corrected chi connectivity index (χ4v) is 1.76. The molecule has 0 spiro atoms. The third kappa shape index (κ3) is 3.13. The van der Waals surface area contributed by atoms with Crippen molar-refractivity contribution in [3.63, 3.8) is 0 Å². The molecule has 3 nitrogen and oxygen atoms in total. The molecule has 1 aliphatic carbocycles. The third-order valence-corrected chi connectivity index (χ3v) is 2.81. The van der Waals surface area contributed by atoms with Crippen LogP contribution in [0.5, 0.6) is 0 Å². The van der Waals surface area contributed by atoms with E-state index in [1.807, 2.05) is 12.1 Å². The Morgan fingerprint density at radius 1 is 1.60 bits per heavy atom. The van der Waals surface area contributed by atoms with Crippen LogP contribution in [0.3, 0.4) is 0 Å². The monoisotopic (exact) mass is 204 g/mol. The molecule has 1 fully saturated rings. The minimum Gasteiger partial charge on any atom is -0.327 e. The molecule has 1 unspecified atom stereocenters. The Bertz CT molecular complexity index is 333. The average Bonchev–Trinajstić information content (AvgIpc) is 3.01. The smallest absolute Gasteiger partial charge is 0.138 e. The van der Waals surface area contributed by atoms with Gasteiger partial charge in [0.15, 0.2) is 0 Å². The number of nitrogens with zero attached hydrogens (tertiary/aromatic N) is 1. The molecule has 1 aliphatic rings. The van der Waals surface area contributed by atoms with E-state index in [0.717, 1.165) is 5.56 Å². The Kier molecular flexibility index (Phi) is 3.11. The second-order valence-corrected chi connectivity index (χ2v) is 4.28. The Morgan fingerprint density at radius 3 is 3.00 bits per heavy atom. The SMILES string of the molecule is NC(CC(=O)Cc1cccnc1)C1CC1. The van der Waals surface area contributed by atoms with E-state index in [2.05, 4.69) is 4.98 Å². The maximum absolute atomic E-state index is 11.6. The predicted molar refractivity (Wildman–Crippen MR) is 58.3 cm³/mol. The zero-order chi connectivity index (χ0) is 10.7. The van der Waals surface area contributed by atoms with Crippen LogP contribution in [-0.2, 0) is 11.2 Å². The van der Waals surface area contributed by atoms with E-state index in [4.69, 9.17) is 5.73 Å². The molecule has 0 bridgehead atoms. The lowest BCUT2D eigenvalue weighted by molar-refractivity contribution is -0.118. The molecule has 2 N–H and O–H groups in total. The summed E-state index contributed by atoms with van der Waals surface area (Å²) in [7, 11) is 0. The lowest BCUT2D eigenvalue weighted by Crippen LogP contribution is -2.26. The normalized spacial score (nSPS) is 17.4. The van der Waals surface area contributed by atoms with Crippen molar-refractivity contribution in [2.45, 2.75) is 31.7 Å². The van der Waals surface area contributed by atoms with Crippen LogP contribution in [0.4, 0.5) is 0 Å². The van der Waals surface area contributed by atoms with E-state index in [1.165, 1.54) is 12.8 Å². The molecule has 3 heteroatoms. The molecule has 1 aromatic heterocycles. The van der Waals surface area contributed by atoms with Crippen molar-refractivity contribution in [3.8, 4) is 0 Å². The van der Waals surface area contributed by atoms with E-state index in [-0.39, 0.29) is 11.8 Å². The van der Waals surface area contributed by atoms with E-state index in [0.29, 0.717) is 18.8 Å². The molecular formula is C12H16N2O. The van der Waals surface area contributed by atoms with E-state index < -0.39 is 0 Å². The quantitative estimate of drug-likeness (QED) is 0.787. The maximum atomic E-state index is 11.6. The van der Waals surface area contributed by atoms with Crippen LogP contribution >= 0.6 is 0 Å². The van der Waals surface area contributed by atoms with Gasteiger partial charge in [0, 0.05) is 31.3 Å². The number of hydrogen-bond acceptors (Lipinski definition) is 3. The van der Waals surface area contributed by atoms with Crippen LogP contribution in [-0.4, -0.2) is 16.8 Å². The van der Waals surface area contributed by atoms with Crippen molar-refractivity contribution < 1.29 is 4.79 Å². The first-order valence-corrected chi connectivity index (χ1v) is 5.42. The lowest BCUT2D eigenvalue weighted by atomic mass is 10.0. The summed E-state index contributed by atoms with van der Waals surface area (Å²) in [5, 5.41) is 0. The Labute approximate surface area is 89.7 Å². The number of nitrogens with two attached hydrogens (primary N) is 1. The van der Waals surface area contributed by atoms with Gasteiger partial charge in [-0.15, -0.1) is 0 Å². The summed E-state index contributed by atoms with van der Waals surface area (Å²) in [4.78, 5) is 15.6. The summed E-state index contributed by atoms with van der Waals surface area (Å²) in [5.41, 5.74) is 6.87. The van der Waals surface area contributed by atoms with Crippen molar-refractivity contribution in [2.75, 3.05) is 0 Å². The Balaban J connectivity index is 1.81. The number of Topliss-reactive ketones (excluding diaryl/α,β-unsaturated/α-hetero) is 1. The van der Waals surface area contributed by atoms with Crippen LogP contribution in [0.15, 0.2) is 24.5 Å². The number of pyridine rings is 1. The van der Waals surface area contributed by atoms with Gasteiger partial charge in [-0.2, -0.15) is 0 Å². The van der Waals surface area contributed by atoms with Gasteiger partial charge in [-0.05, 0) is 30.4 Å². The molecule has 0 amide bonds. The first-order chi connectivity index (χ1) is 7.25. The topological polar surface area (TPSA) is 56.0 Å². The first-order valence-electron chi connectivity index (χ1n) is 5.42. The maximum Gasteiger partial charge on any atom is 0.138 e. The number of hydrogen-bond donors (Lipinski definition) is 1. The molecule has 0 aliphatic heterocycles. The van der Waals surface area contributed by atoms with Crippen molar-refractivity contribution in [2.24, 2.45) is 11.7 Å². The predicted octanol–water partition coefficient (Wildman–Crippen LogP) is 1.32. The fraction of sp³-hybridized carbons (Fsp3) is 0.500. The molecule has 1 atom stereocenters. The molecule has 1 heterocycles. The van der Waals surface area contributed by atoms with Crippen LogP contribution in [0.25, 0.3) is 0 Å². The van der Waals surface area contributed by atoms with Gasteiger partial charge in [0.1, 0.15) is 5.78 Å².